The zero-order chi connectivity index (χ0) is 3.41. The molecule has 17 valence electrons. The van der Waals surface area contributed by atoms with Crippen molar-refractivity contribution in [2.24, 2.45) is 2.76 Å². The molecule has 0 fully saturated rings. The molecule has 0 bridgehead atoms. The Labute approximate surface area is 46.5 Å². The van der Waals surface area contributed by atoms with E-state index in [-0.39, 0.29) is 0 Å². The van der Waals surface area contributed by atoms with Crippen molar-refractivity contribution in [1.82, 2.24) is 0 Å². The third-order valence-corrected chi connectivity index (χ3v) is 1.70. The van der Waals surface area contributed by atoms with Gasteiger partial charge in [0.2, 0.25) is 0 Å². The number of thiocarbonyl (C=S) groups is 1. The Morgan fingerprint density at radius 2 is 2.25 bits per heavy atom. The third kappa shape index (κ3) is 2.74. The molecule has 0 aromatic heterocycles. The van der Waals surface area contributed by atoms with Gasteiger partial charge in [-0.05, 0) is 0 Å². The maximum atomic E-state index is 4.19. The topological polar surface area (TPSA) is 12.4 Å². The summed E-state index contributed by atoms with van der Waals surface area (Å²) >= 11 is 4.67. The van der Waals surface area contributed by atoms with Crippen LogP contribution in [0.5, 0.6) is 0 Å². The quantitative estimate of drug-likeness (QED) is 0.351. The Morgan fingerprint density at radius 3 is 2.25 bits per heavy atom. The van der Waals surface area contributed by atoms with Crippen molar-refractivity contribution in [3.63, 3.8) is 0 Å². The van der Waals surface area contributed by atoms with Gasteiger partial charge < -0.3 is 0 Å². The van der Waals surface area contributed by atoms with Crippen molar-refractivity contribution >= 4 is 17.4 Å². The monoisotopic (exact) mass is 260 g/mol. The van der Waals surface area contributed by atoms with E-state index in [2.05, 4.69) is 20.1 Å². The molecular formula is CHgNS. The van der Waals surface area contributed by atoms with Crippen molar-refractivity contribution < 1.29 is 26.4 Å². The molecule has 0 atom stereocenters. The van der Waals surface area contributed by atoms with E-state index < -0.39 is 0 Å². The zero-order valence-corrected chi connectivity index (χ0v) is 8.38. The van der Waals surface area contributed by atoms with Crippen LogP contribution in [0.15, 0.2) is 2.76 Å². The van der Waals surface area contributed by atoms with Crippen LogP contribution in [0, 0.1) is 0 Å². The fourth-order valence-corrected chi connectivity index (χ4v) is 0. The molecule has 3 heteroatoms. The second kappa shape index (κ2) is 3.74. The molecule has 0 aromatic carbocycles. The first kappa shape index (κ1) is 4.74. The van der Waals surface area contributed by atoms with Gasteiger partial charge in [-0.3, -0.25) is 0 Å². The van der Waals surface area contributed by atoms with Gasteiger partial charge in [0.15, 0.2) is 0 Å². The number of hydrogen-bond donors (Lipinski definition) is 0. The van der Waals surface area contributed by atoms with Gasteiger partial charge in [-0.15, -0.1) is 0 Å². The van der Waals surface area contributed by atoms with Crippen molar-refractivity contribution in [3.8, 4) is 0 Å². The summed E-state index contributed by atoms with van der Waals surface area (Å²) in [4.78, 5) is 0. The summed E-state index contributed by atoms with van der Waals surface area (Å²) in [6.45, 7) is 0. The number of nitrogens with zero attached hydrogens (tertiary/aromatic N) is 1. The van der Waals surface area contributed by atoms with E-state index in [9.17, 15) is 0 Å². The van der Waals surface area contributed by atoms with Gasteiger partial charge in [0.25, 0.3) is 0 Å². The summed E-state index contributed by atoms with van der Waals surface area (Å²) in [7, 11) is 0. The molecule has 0 unspecified atom stereocenters. The molecule has 0 radical (unpaired) electrons. The molecule has 0 amide bonds. The Morgan fingerprint density at radius 1 is 2.00 bits per heavy atom. The van der Waals surface area contributed by atoms with Gasteiger partial charge in [-0.2, -0.15) is 0 Å². The standard InChI is InChI=1S/CNS.Hg/c2-1-3;/q-1;+1. The maximum absolute atomic E-state index is 4.19. The predicted molar refractivity (Wildman–Crippen MR) is 15.0 cm³/mol. The number of hydrogen-bond acceptors (Lipinski definition) is 2. The summed E-state index contributed by atoms with van der Waals surface area (Å²) in [5, 5.41) is 2.23. The average Bonchev–Trinajstić information content (AvgIpc) is 1.37. The first-order valence-electron chi connectivity index (χ1n) is 0.744. The third-order valence-electron chi connectivity index (χ3n) is 0.0645. The van der Waals surface area contributed by atoms with Crippen molar-refractivity contribution in [1.29, 1.82) is 0 Å². The van der Waals surface area contributed by atoms with Crippen molar-refractivity contribution in [2.75, 3.05) is 0 Å². The van der Waals surface area contributed by atoms with E-state index in [1.54, 1.807) is 0 Å². The molecule has 0 aliphatic carbocycles. The summed E-state index contributed by atoms with van der Waals surface area (Å²) in [5.41, 5.74) is 0. The van der Waals surface area contributed by atoms with Crippen molar-refractivity contribution in [2.45, 2.75) is 0 Å². The van der Waals surface area contributed by atoms with Gasteiger partial charge >= 0.3 is 46.6 Å². The van der Waals surface area contributed by atoms with Gasteiger partial charge in [0.05, 0.1) is 0 Å². The fourth-order valence-electron chi connectivity index (χ4n) is 0. The van der Waals surface area contributed by atoms with Crippen LogP contribution < -0.4 is 0 Å². The normalized spacial score (nSPS) is 4.50. The Kier molecular flexibility index (Phi) is 4.42. The van der Waals surface area contributed by atoms with E-state index in [1.165, 1.54) is 0 Å². The molecular weight excluding hydrogens is 259 g/mol. The van der Waals surface area contributed by atoms with E-state index in [0.29, 0.717) is 26.4 Å². The first-order chi connectivity index (χ1) is 1.91. The summed E-state index contributed by atoms with van der Waals surface area (Å²) < 4.78 is 3.50. The van der Waals surface area contributed by atoms with Crippen LogP contribution in [0.25, 0.3) is 0 Å². The molecule has 0 N–H and O–H groups in total. The molecule has 0 spiro atoms. The van der Waals surface area contributed by atoms with Gasteiger partial charge in [-0.25, -0.2) is 0 Å². The van der Waals surface area contributed by atoms with Gasteiger partial charge in [0.1, 0.15) is 0 Å². The van der Waals surface area contributed by atoms with Crippen LogP contribution in [-0.2, 0) is 26.4 Å². The Bertz CT molecular complexity index is 46.0. The Hall–Kier alpha value is 0.735. The zero-order valence-electron chi connectivity index (χ0n) is 2.06. The number of rotatable bonds is 0. The van der Waals surface area contributed by atoms with E-state index >= 15 is 0 Å². The molecule has 0 saturated carbocycles. The summed E-state index contributed by atoms with van der Waals surface area (Å²) in [5.74, 6) is 0. The molecule has 0 rings (SSSR count). The molecule has 0 aliphatic heterocycles. The first-order valence-corrected chi connectivity index (χ1v) is 3.61. The summed E-state index contributed by atoms with van der Waals surface area (Å²) in [6.07, 6.45) is 0. The molecule has 1 nitrogen and oxygen atoms in total. The Balaban J connectivity index is 3.11. The second-order valence-electron chi connectivity index (χ2n) is 0.249. The van der Waals surface area contributed by atoms with Crippen LogP contribution in [0.3, 0.4) is 0 Å². The molecule has 0 saturated heterocycles. The summed E-state index contributed by atoms with van der Waals surface area (Å²) in [6, 6.07) is 0. The van der Waals surface area contributed by atoms with Crippen molar-refractivity contribution in [3.05, 3.63) is 0 Å². The van der Waals surface area contributed by atoms with Crippen LogP contribution in [0.2, 0.25) is 0 Å². The molecule has 0 heterocycles. The van der Waals surface area contributed by atoms with Crippen LogP contribution in [0.1, 0.15) is 0 Å². The van der Waals surface area contributed by atoms with Crippen LogP contribution in [0.4, 0.5) is 0 Å². The van der Waals surface area contributed by atoms with Crippen LogP contribution in [-0.4, -0.2) is 5.16 Å². The fraction of sp³-hybridized carbons (Fsp3) is 0. The average molecular weight is 259 g/mol. The van der Waals surface area contributed by atoms with Gasteiger partial charge in [0, 0.05) is 0 Å². The molecule has 0 aromatic rings. The molecule has 4 heavy (non-hydrogen) atoms. The predicted octanol–water partition coefficient (Wildman–Crippen LogP) is 0.551. The minimum atomic E-state index is 0.483. The SMILES string of the molecule is S=C=[N][Hg]. The van der Waals surface area contributed by atoms with E-state index in [0.717, 1.165) is 0 Å². The van der Waals surface area contributed by atoms with Gasteiger partial charge in [-0.1, -0.05) is 0 Å². The molecule has 0 aliphatic rings. The van der Waals surface area contributed by atoms with E-state index in [1.807, 2.05) is 0 Å². The van der Waals surface area contributed by atoms with Crippen LogP contribution >= 0.6 is 12.2 Å². The van der Waals surface area contributed by atoms with E-state index in [4.69, 9.17) is 0 Å². The minimum absolute atomic E-state index is 0.483. The number of isothiocyanates is 1. The second-order valence-corrected chi connectivity index (χ2v) is 1.66.